The van der Waals surface area contributed by atoms with Crippen molar-refractivity contribution in [3.8, 4) is 6.07 Å². The molecule has 0 saturated heterocycles. The number of para-hydroxylation sites is 1. The molecule has 0 atom stereocenters. The molecule has 1 aromatic carbocycles. The van der Waals surface area contributed by atoms with Crippen molar-refractivity contribution in [2.24, 2.45) is 0 Å². The number of aromatic nitrogens is 3. The van der Waals surface area contributed by atoms with Crippen LogP contribution in [-0.2, 0) is 14.6 Å². The van der Waals surface area contributed by atoms with Gasteiger partial charge in [0, 0.05) is 34.2 Å². The van der Waals surface area contributed by atoms with Gasteiger partial charge in [0.15, 0.2) is 0 Å². The number of hydrogen-bond donors (Lipinski definition) is 2. The summed E-state index contributed by atoms with van der Waals surface area (Å²) in [5.41, 5.74) is 1.44. The van der Waals surface area contributed by atoms with Gasteiger partial charge in [-0.1, -0.05) is 18.2 Å². The van der Waals surface area contributed by atoms with E-state index in [1.165, 1.54) is 19.9 Å². The highest BCUT2D eigenvalue weighted by Crippen LogP contribution is 2.22. The molecule has 3 rings (SSSR count). The number of H-pyrrole nitrogens is 1. The van der Waals surface area contributed by atoms with Gasteiger partial charge in [-0.3, -0.25) is 10.1 Å². The molecule has 2 heterocycles. The Balaban J connectivity index is 1.85. The number of carbonyl (C=O) groups is 1. The summed E-state index contributed by atoms with van der Waals surface area (Å²) in [7, 11) is -3.63. The van der Waals surface area contributed by atoms with E-state index in [4.69, 9.17) is 0 Å². The number of rotatable bonds is 5. The van der Waals surface area contributed by atoms with Crippen molar-refractivity contribution in [3.05, 3.63) is 41.6 Å². The zero-order chi connectivity index (χ0) is 19.6. The van der Waals surface area contributed by atoms with E-state index in [-0.39, 0.29) is 15.9 Å². The highest BCUT2D eigenvalue weighted by molar-refractivity contribution is 7.91. The average Bonchev–Trinajstić information content (AvgIpc) is 3.27. The number of amides is 1. The van der Waals surface area contributed by atoms with Gasteiger partial charge in [-0.2, -0.15) is 14.6 Å². The quantitative estimate of drug-likeness (QED) is 0.500. The lowest BCUT2D eigenvalue weighted by atomic mass is 10.1. The fourth-order valence-electron chi connectivity index (χ4n) is 2.27. The van der Waals surface area contributed by atoms with Crippen molar-refractivity contribution in [2.45, 2.75) is 24.3 Å². The van der Waals surface area contributed by atoms with Crippen LogP contribution in [0.15, 0.2) is 41.2 Å². The lowest BCUT2D eigenvalue weighted by Gasteiger charge is -2.02. The van der Waals surface area contributed by atoms with Gasteiger partial charge < -0.3 is 4.98 Å². The van der Waals surface area contributed by atoms with Crippen molar-refractivity contribution in [1.29, 1.82) is 5.26 Å². The second-order valence-corrected chi connectivity index (χ2v) is 9.04. The van der Waals surface area contributed by atoms with Crippen molar-refractivity contribution in [2.75, 3.05) is 5.32 Å². The predicted molar refractivity (Wildman–Crippen MR) is 103 cm³/mol. The molecule has 0 fully saturated rings. The molecular formula is C17H15N5O3S2. The molecule has 3 aromatic rings. The summed E-state index contributed by atoms with van der Waals surface area (Å²) in [6.45, 7) is 3.04. The van der Waals surface area contributed by atoms with Crippen LogP contribution in [0, 0.1) is 11.3 Å². The van der Waals surface area contributed by atoms with E-state index in [0.29, 0.717) is 5.56 Å². The molecule has 2 aromatic heterocycles. The number of anilines is 1. The summed E-state index contributed by atoms with van der Waals surface area (Å²) in [5.74, 6) is -0.688. The van der Waals surface area contributed by atoms with Gasteiger partial charge in [-0.05, 0) is 26.0 Å². The van der Waals surface area contributed by atoms with Crippen LogP contribution in [0.25, 0.3) is 17.0 Å². The number of nitrogens with zero attached hydrogens (tertiary/aromatic N) is 3. The van der Waals surface area contributed by atoms with Crippen LogP contribution in [0.2, 0.25) is 0 Å². The van der Waals surface area contributed by atoms with Crippen LogP contribution in [-0.4, -0.2) is 33.9 Å². The Kier molecular flexibility index (Phi) is 5.07. The molecule has 10 heteroatoms. The number of fused-ring (bicyclic) bond motifs is 1. The summed E-state index contributed by atoms with van der Waals surface area (Å²) in [6, 6.07) is 9.35. The van der Waals surface area contributed by atoms with E-state index in [1.807, 2.05) is 30.3 Å². The van der Waals surface area contributed by atoms with Crippen LogP contribution in [0.3, 0.4) is 0 Å². The second-order valence-electron chi connectivity index (χ2n) is 5.89. The first-order valence-corrected chi connectivity index (χ1v) is 10.2. The largest absolute Gasteiger partial charge is 0.361 e. The molecule has 0 bridgehead atoms. The third kappa shape index (κ3) is 3.74. The maximum absolute atomic E-state index is 12.4. The number of carbonyl (C=O) groups excluding carboxylic acids is 1. The topological polar surface area (TPSA) is 129 Å². The zero-order valence-electron chi connectivity index (χ0n) is 14.4. The van der Waals surface area contributed by atoms with Gasteiger partial charge in [-0.15, -0.1) is 0 Å². The van der Waals surface area contributed by atoms with Crippen LogP contribution >= 0.6 is 11.5 Å². The molecule has 0 saturated carbocycles. The number of nitrogens with one attached hydrogen (secondary N) is 2. The molecule has 0 unspecified atom stereocenters. The van der Waals surface area contributed by atoms with Crippen LogP contribution < -0.4 is 5.32 Å². The lowest BCUT2D eigenvalue weighted by molar-refractivity contribution is -0.112. The van der Waals surface area contributed by atoms with E-state index in [1.54, 1.807) is 6.20 Å². The van der Waals surface area contributed by atoms with Gasteiger partial charge in [0.1, 0.15) is 11.6 Å². The third-order valence-electron chi connectivity index (χ3n) is 3.79. The van der Waals surface area contributed by atoms with Crippen molar-refractivity contribution >= 4 is 49.4 Å². The first-order chi connectivity index (χ1) is 12.8. The first kappa shape index (κ1) is 18.8. The lowest BCUT2D eigenvalue weighted by Crippen LogP contribution is -2.16. The van der Waals surface area contributed by atoms with E-state index in [2.05, 4.69) is 19.7 Å². The smallest absolute Gasteiger partial charge is 0.268 e. The van der Waals surface area contributed by atoms with Crippen LogP contribution in [0.5, 0.6) is 0 Å². The number of nitriles is 1. The minimum absolute atomic E-state index is 0.0132. The van der Waals surface area contributed by atoms with Gasteiger partial charge in [0.05, 0.1) is 5.25 Å². The highest BCUT2D eigenvalue weighted by atomic mass is 32.2. The molecule has 0 aliphatic rings. The maximum atomic E-state index is 12.4. The molecule has 0 spiro atoms. The molecule has 8 nitrogen and oxygen atoms in total. The Hall–Kier alpha value is -3.03. The number of aromatic amines is 1. The fourth-order valence-corrected chi connectivity index (χ4v) is 3.97. The summed E-state index contributed by atoms with van der Waals surface area (Å²) in [5, 5.41) is 11.6. The summed E-state index contributed by atoms with van der Waals surface area (Å²) >= 11 is 0.746. The maximum Gasteiger partial charge on any atom is 0.268 e. The van der Waals surface area contributed by atoms with Gasteiger partial charge >= 0.3 is 0 Å². The SMILES string of the molecule is CC(C)S(=O)(=O)c1nsc(NC(=O)/C(C#N)=C\c2c[nH]c3ccccc23)n1. The number of sulfone groups is 1. The highest BCUT2D eigenvalue weighted by Gasteiger charge is 2.25. The predicted octanol–water partition coefficient (Wildman–Crippen LogP) is 2.75. The Labute approximate surface area is 159 Å². The van der Waals surface area contributed by atoms with Crippen molar-refractivity contribution in [3.63, 3.8) is 0 Å². The monoisotopic (exact) mass is 401 g/mol. The van der Waals surface area contributed by atoms with Crippen LogP contribution in [0.1, 0.15) is 19.4 Å². The first-order valence-electron chi connectivity index (χ1n) is 7.90. The van der Waals surface area contributed by atoms with Gasteiger partial charge in [0.25, 0.3) is 11.1 Å². The van der Waals surface area contributed by atoms with E-state index >= 15 is 0 Å². The summed E-state index contributed by atoms with van der Waals surface area (Å²) in [6.07, 6.45) is 3.16. The molecule has 2 N–H and O–H groups in total. The third-order valence-corrected chi connectivity index (χ3v) is 6.47. The number of benzene rings is 1. The molecule has 27 heavy (non-hydrogen) atoms. The second kappa shape index (κ2) is 7.30. The van der Waals surface area contributed by atoms with Crippen molar-refractivity contribution in [1.82, 2.24) is 14.3 Å². The Bertz CT molecular complexity index is 1180. The summed E-state index contributed by atoms with van der Waals surface area (Å²) < 4.78 is 27.9. The van der Waals surface area contributed by atoms with Gasteiger partial charge in [-0.25, -0.2) is 8.42 Å². The van der Waals surface area contributed by atoms with Gasteiger partial charge in [0.2, 0.25) is 15.0 Å². The van der Waals surface area contributed by atoms with E-state index in [9.17, 15) is 18.5 Å². The molecule has 1 amide bonds. The average molecular weight is 401 g/mol. The normalized spacial score (nSPS) is 12.3. The molecule has 138 valence electrons. The van der Waals surface area contributed by atoms with E-state index in [0.717, 1.165) is 22.4 Å². The Morgan fingerprint density at radius 2 is 2.11 bits per heavy atom. The van der Waals surface area contributed by atoms with E-state index < -0.39 is 21.0 Å². The molecule has 0 aliphatic heterocycles. The van der Waals surface area contributed by atoms with Crippen LogP contribution in [0.4, 0.5) is 5.13 Å². The Morgan fingerprint density at radius 3 is 2.81 bits per heavy atom. The molecule has 0 aliphatic carbocycles. The standard InChI is InChI=1S/C17H15N5O3S2/c1-10(2)27(24,25)17-21-16(26-22-17)20-15(23)11(8-18)7-12-9-19-14-6-4-3-5-13(12)14/h3-7,9-10,19H,1-2H3,(H,20,21,22,23)/b11-7-. The molecule has 0 radical (unpaired) electrons. The molecular weight excluding hydrogens is 386 g/mol. The summed E-state index contributed by atoms with van der Waals surface area (Å²) in [4.78, 5) is 19.3. The zero-order valence-corrected chi connectivity index (χ0v) is 16.1. The van der Waals surface area contributed by atoms with Crippen molar-refractivity contribution < 1.29 is 13.2 Å². The Morgan fingerprint density at radius 1 is 1.37 bits per heavy atom. The minimum atomic E-state index is -3.63. The fraction of sp³-hybridized carbons (Fsp3) is 0.176. The number of hydrogen-bond acceptors (Lipinski definition) is 7. The minimum Gasteiger partial charge on any atom is -0.361 e.